The molecule has 154 valence electrons. The average Bonchev–Trinajstić information content (AvgIpc) is 2.71. The van der Waals surface area contributed by atoms with Gasteiger partial charge in [-0.15, -0.1) is 0 Å². The van der Waals surface area contributed by atoms with Crippen molar-refractivity contribution < 1.29 is 23.0 Å². The van der Waals surface area contributed by atoms with Crippen molar-refractivity contribution in [1.82, 2.24) is 10.3 Å². The number of aliphatic hydroxyl groups is 1. The number of benzene rings is 2. The molecule has 5 nitrogen and oxygen atoms in total. The Morgan fingerprint density at radius 2 is 1.93 bits per heavy atom. The lowest BCUT2D eigenvalue weighted by Crippen LogP contribution is -2.45. The van der Waals surface area contributed by atoms with Gasteiger partial charge in [0.2, 0.25) is 0 Å². The predicted molar refractivity (Wildman–Crippen MR) is 104 cm³/mol. The van der Waals surface area contributed by atoms with Gasteiger partial charge in [-0.05, 0) is 29.8 Å². The number of ether oxygens (including phenoxy) is 1. The minimum absolute atomic E-state index is 0.0880. The predicted octanol–water partition coefficient (Wildman–Crippen LogP) is 3.11. The van der Waals surface area contributed by atoms with E-state index in [2.05, 4.69) is 10.3 Å². The Morgan fingerprint density at radius 3 is 2.72 bits per heavy atom. The van der Waals surface area contributed by atoms with Gasteiger partial charge in [0.1, 0.15) is 12.4 Å². The molecule has 0 saturated carbocycles. The van der Waals surface area contributed by atoms with Crippen LogP contribution in [-0.2, 0) is 12.7 Å². The average molecular weight is 405 g/mol. The Labute approximate surface area is 166 Å². The molecule has 4 N–H and O–H groups in total. The highest BCUT2D eigenvalue weighted by Crippen LogP contribution is 2.29. The van der Waals surface area contributed by atoms with Crippen LogP contribution < -0.4 is 15.8 Å². The van der Waals surface area contributed by atoms with E-state index < -0.39 is 23.9 Å². The number of aliphatic hydroxyl groups excluding tert-OH is 1. The second-order valence-electron chi connectivity index (χ2n) is 6.73. The van der Waals surface area contributed by atoms with E-state index in [9.17, 15) is 18.3 Å². The zero-order chi connectivity index (χ0) is 20.9. The van der Waals surface area contributed by atoms with Crippen molar-refractivity contribution in [3.63, 3.8) is 0 Å². The van der Waals surface area contributed by atoms with Gasteiger partial charge in [0.05, 0.1) is 23.2 Å². The monoisotopic (exact) mass is 405 g/mol. The van der Waals surface area contributed by atoms with Crippen molar-refractivity contribution in [3.8, 4) is 5.75 Å². The van der Waals surface area contributed by atoms with Gasteiger partial charge >= 0.3 is 6.18 Å². The minimum atomic E-state index is -4.38. The number of nitrogens with one attached hydrogen (secondary N) is 1. The number of nitrogens with two attached hydrogens (primary N) is 1. The molecular formula is C21H22F3N3O2. The van der Waals surface area contributed by atoms with Crippen LogP contribution in [-0.4, -0.2) is 35.4 Å². The molecule has 0 spiro atoms. The van der Waals surface area contributed by atoms with Gasteiger partial charge in [-0.3, -0.25) is 4.98 Å². The molecule has 0 radical (unpaired) electrons. The quantitative estimate of drug-likeness (QED) is 0.537. The van der Waals surface area contributed by atoms with Crippen LogP contribution in [0, 0.1) is 0 Å². The SMILES string of the molecule is N[C@@H](COc1ccc2cccnc2c1)[C@H](O)CNCc1cccc(C(F)(F)F)c1. The molecule has 29 heavy (non-hydrogen) atoms. The van der Waals surface area contributed by atoms with Crippen LogP contribution in [0.1, 0.15) is 11.1 Å². The fourth-order valence-corrected chi connectivity index (χ4v) is 2.81. The smallest absolute Gasteiger partial charge is 0.416 e. The molecule has 2 aromatic carbocycles. The van der Waals surface area contributed by atoms with Crippen molar-refractivity contribution in [1.29, 1.82) is 0 Å². The molecule has 1 heterocycles. The van der Waals surface area contributed by atoms with Crippen molar-refractivity contribution in [2.75, 3.05) is 13.2 Å². The molecule has 0 amide bonds. The number of alkyl halides is 3. The van der Waals surface area contributed by atoms with Crippen molar-refractivity contribution in [2.45, 2.75) is 24.9 Å². The molecule has 0 aliphatic carbocycles. The maximum absolute atomic E-state index is 12.7. The minimum Gasteiger partial charge on any atom is -0.492 e. The summed E-state index contributed by atoms with van der Waals surface area (Å²) in [5.74, 6) is 0.593. The van der Waals surface area contributed by atoms with E-state index in [0.717, 1.165) is 23.0 Å². The summed E-state index contributed by atoms with van der Waals surface area (Å²) in [7, 11) is 0. The number of halogens is 3. The first-order chi connectivity index (χ1) is 13.8. The number of pyridine rings is 1. The van der Waals surface area contributed by atoms with Gasteiger partial charge in [-0.1, -0.05) is 24.3 Å². The molecule has 2 atom stereocenters. The van der Waals surface area contributed by atoms with Crippen LogP contribution in [0.15, 0.2) is 60.8 Å². The highest BCUT2D eigenvalue weighted by atomic mass is 19.4. The third-order valence-electron chi connectivity index (χ3n) is 4.45. The van der Waals surface area contributed by atoms with Crippen molar-refractivity contribution in [3.05, 3.63) is 71.9 Å². The summed E-state index contributed by atoms with van der Waals surface area (Å²) in [5, 5.41) is 14.1. The van der Waals surface area contributed by atoms with Crippen LogP contribution in [0.3, 0.4) is 0 Å². The van der Waals surface area contributed by atoms with Crippen molar-refractivity contribution in [2.24, 2.45) is 5.73 Å². The molecule has 0 saturated heterocycles. The van der Waals surface area contributed by atoms with Crippen LogP contribution in [0.5, 0.6) is 5.75 Å². The maximum atomic E-state index is 12.7. The summed E-state index contributed by atoms with van der Waals surface area (Å²) in [5.41, 5.74) is 6.52. The topological polar surface area (TPSA) is 80.4 Å². The second-order valence-corrected chi connectivity index (χ2v) is 6.73. The van der Waals surface area contributed by atoms with Gasteiger partial charge in [0, 0.05) is 30.7 Å². The molecule has 0 unspecified atom stereocenters. The Balaban J connectivity index is 1.46. The lowest BCUT2D eigenvalue weighted by molar-refractivity contribution is -0.137. The maximum Gasteiger partial charge on any atom is 0.416 e. The lowest BCUT2D eigenvalue weighted by atomic mass is 10.1. The zero-order valence-electron chi connectivity index (χ0n) is 15.6. The molecule has 0 bridgehead atoms. The summed E-state index contributed by atoms with van der Waals surface area (Å²) in [6.45, 7) is 0.399. The number of fused-ring (bicyclic) bond motifs is 1. The second kappa shape index (κ2) is 9.21. The summed E-state index contributed by atoms with van der Waals surface area (Å²) in [4.78, 5) is 4.25. The van der Waals surface area contributed by atoms with Crippen LogP contribution >= 0.6 is 0 Å². The normalized spacial score (nSPS) is 14.0. The zero-order valence-corrected chi connectivity index (χ0v) is 15.6. The fraction of sp³-hybridized carbons (Fsp3) is 0.286. The first-order valence-electron chi connectivity index (χ1n) is 9.11. The van der Waals surface area contributed by atoms with Crippen molar-refractivity contribution >= 4 is 10.9 Å². The largest absolute Gasteiger partial charge is 0.492 e. The molecule has 3 aromatic rings. The Hall–Kier alpha value is -2.68. The van der Waals surface area contributed by atoms with Gasteiger partial charge in [-0.2, -0.15) is 13.2 Å². The molecule has 0 aliphatic heterocycles. The number of nitrogens with zero attached hydrogens (tertiary/aromatic N) is 1. The van der Waals surface area contributed by atoms with Crippen LogP contribution in [0.2, 0.25) is 0 Å². The highest BCUT2D eigenvalue weighted by Gasteiger charge is 2.30. The molecule has 0 aliphatic rings. The summed E-state index contributed by atoms with van der Waals surface area (Å²) in [6.07, 6.45) is -3.61. The third-order valence-corrected chi connectivity index (χ3v) is 4.45. The van der Waals surface area contributed by atoms with E-state index in [1.165, 1.54) is 6.07 Å². The van der Waals surface area contributed by atoms with Gasteiger partial charge in [-0.25, -0.2) is 0 Å². The van der Waals surface area contributed by atoms with Gasteiger partial charge in [0.15, 0.2) is 0 Å². The van der Waals surface area contributed by atoms with Gasteiger partial charge in [0.25, 0.3) is 0 Å². The highest BCUT2D eigenvalue weighted by molar-refractivity contribution is 5.79. The van der Waals surface area contributed by atoms with Crippen LogP contribution in [0.25, 0.3) is 10.9 Å². The number of aromatic nitrogens is 1. The molecule has 1 aromatic heterocycles. The number of hydrogen-bond donors (Lipinski definition) is 3. The van der Waals surface area contributed by atoms with E-state index in [-0.39, 0.29) is 19.7 Å². The van der Waals surface area contributed by atoms with Gasteiger partial charge < -0.3 is 20.9 Å². The lowest BCUT2D eigenvalue weighted by Gasteiger charge is -2.20. The number of hydrogen-bond acceptors (Lipinski definition) is 5. The molecule has 0 fully saturated rings. The van der Waals surface area contributed by atoms with E-state index in [0.29, 0.717) is 11.3 Å². The summed E-state index contributed by atoms with van der Waals surface area (Å²) < 4.78 is 43.9. The molecule has 3 rings (SSSR count). The number of rotatable bonds is 8. The third kappa shape index (κ3) is 5.90. The summed E-state index contributed by atoms with van der Waals surface area (Å²) >= 11 is 0. The van der Waals surface area contributed by atoms with E-state index in [1.54, 1.807) is 24.4 Å². The molecule has 8 heteroatoms. The van der Waals surface area contributed by atoms with Crippen LogP contribution in [0.4, 0.5) is 13.2 Å². The first-order valence-corrected chi connectivity index (χ1v) is 9.11. The fourth-order valence-electron chi connectivity index (χ4n) is 2.81. The molecular weight excluding hydrogens is 383 g/mol. The Morgan fingerprint density at radius 1 is 1.10 bits per heavy atom. The first kappa shape index (κ1) is 21.0. The van der Waals surface area contributed by atoms with E-state index in [4.69, 9.17) is 10.5 Å². The van der Waals surface area contributed by atoms with E-state index in [1.807, 2.05) is 18.2 Å². The Kier molecular flexibility index (Phi) is 6.68. The standard InChI is InChI=1S/C21H22F3N3O2/c22-21(23,24)16-5-1-3-14(9-16)11-26-12-20(28)18(25)13-29-17-7-6-15-4-2-8-27-19(15)10-17/h1-10,18,20,26,28H,11-13,25H2/t18-,20+/m0/s1. The summed E-state index contributed by atoms with van der Waals surface area (Å²) in [6, 6.07) is 13.7. The van der Waals surface area contributed by atoms with E-state index >= 15 is 0 Å². The Bertz CT molecular complexity index is 950.